The Kier molecular flexibility index (Phi) is 4.92. The van der Waals surface area contributed by atoms with Crippen molar-refractivity contribution >= 4 is 31.9 Å². The van der Waals surface area contributed by atoms with Crippen LogP contribution in [0.1, 0.15) is 42.5 Å². The summed E-state index contributed by atoms with van der Waals surface area (Å²) in [6.45, 7) is 0. The first kappa shape index (κ1) is 13.4. The molecule has 1 aliphatic carbocycles. The Morgan fingerprint density at radius 1 is 1.35 bits per heavy atom. The molecule has 1 nitrogen and oxygen atoms in total. The molecule has 1 aromatic carbocycles. The van der Waals surface area contributed by atoms with Crippen molar-refractivity contribution in [1.29, 1.82) is 0 Å². The molecular weight excluding hydrogens is 344 g/mol. The molecule has 1 fully saturated rings. The van der Waals surface area contributed by atoms with E-state index in [1.807, 2.05) is 12.1 Å². The highest BCUT2D eigenvalue weighted by Gasteiger charge is 2.20. The minimum atomic E-state index is 0.450. The minimum Gasteiger partial charge on any atom is -0.497 e. The quantitative estimate of drug-likeness (QED) is 0.645. The van der Waals surface area contributed by atoms with E-state index in [4.69, 9.17) is 4.74 Å². The number of halogens is 2. The van der Waals surface area contributed by atoms with Crippen molar-refractivity contribution in [3.05, 3.63) is 28.2 Å². The van der Waals surface area contributed by atoms with E-state index in [2.05, 4.69) is 37.9 Å². The van der Waals surface area contributed by atoms with Crippen LogP contribution in [0.25, 0.3) is 0 Å². The zero-order valence-electron chi connectivity index (χ0n) is 10.1. The number of alkyl halides is 1. The first-order valence-electron chi connectivity index (χ1n) is 6.18. The van der Waals surface area contributed by atoms with Gasteiger partial charge in [0.15, 0.2) is 0 Å². The normalized spacial score (nSPS) is 18.3. The molecule has 1 saturated carbocycles. The SMILES string of the molecule is COc1ccc(C(Br)CC2CCCC2)c(Br)c1. The first-order chi connectivity index (χ1) is 8.20. The monoisotopic (exact) mass is 360 g/mol. The van der Waals surface area contributed by atoms with E-state index >= 15 is 0 Å². The maximum Gasteiger partial charge on any atom is 0.120 e. The largest absolute Gasteiger partial charge is 0.497 e. The molecule has 0 amide bonds. The van der Waals surface area contributed by atoms with E-state index in [0.29, 0.717) is 4.83 Å². The van der Waals surface area contributed by atoms with Crippen molar-refractivity contribution in [2.75, 3.05) is 7.11 Å². The van der Waals surface area contributed by atoms with Crippen LogP contribution in [0.2, 0.25) is 0 Å². The smallest absolute Gasteiger partial charge is 0.120 e. The number of hydrogen-bond acceptors (Lipinski definition) is 1. The Balaban J connectivity index is 2.04. The van der Waals surface area contributed by atoms with E-state index in [1.165, 1.54) is 37.7 Å². The zero-order chi connectivity index (χ0) is 12.3. The molecule has 3 heteroatoms. The fraction of sp³-hybridized carbons (Fsp3) is 0.571. The standard InChI is InChI=1S/C14H18Br2O/c1-17-11-6-7-12(14(16)9-11)13(15)8-10-4-2-3-5-10/h6-7,9-10,13H,2-5,8H2,1H3. The van der Waals surface area contributed by atoms with Crippen LogP contribution in [0.3, 0.4) is 0 Å². The van der Waals surface area contributed by atoms with Gasteiger partial charge in [-0.05, 0) is 30.0 Å². The predicted molar refractivity (Wildman–Crippen MR) is 78.9 cm³/mol. The van der Waals surface area contributed by atoms with Gasteiger partial charge in [0.1, 0.15) is 5.75 Å². The Morgan fingerprint density at radius 2 is 2.06 bits per heavy atom. The molecule has 0 spiro atoms. The number of methoxy groups -OCH3 is 1. The molecule has 1 aromatic rings. The maximum atomic E-state index is 5.22. The van der Waals surface area contributed by atoms with Crippen LogP contribution in [-0.4, -0.2) is 7.11 Å². The van der Waals surface area contributed by atoms with Gasteiger partial charge in [0.05, 0.1) is 7.11 Å². The zero-order valence-corrected chi connectivity index (χ0v) is 13.3. The van der Waals surface area contributed by atoms with Crippen LogP contribution < -0.4 is 4.74 Å². The second-order valence-electron chi connectivity index (χ2n) is 4.74. The van der Waals surface area contributed by atoms with E-state index in [1.54, 1.807) is 7.11 Å². The summed E-state index contributed by atoms with van der Waals surface area (Å²) >= 11 is 7.45. The van der Waals surface area contributed by atoms with Gasteiger partial charge in [-0.1, -0.05) is 63.6 Å². The molecule has 0 aliphatic heterocycles. The van der Waals surface area contributed by atoms with Crippen molar-refractivity contribution in [2.45, 2.75) is 36.9 Å². The van der Waals surface area contributed by atoms with Crippen LogP contribution in [0, 0.1) is 5.92 Å². The first-order valence-corrected chi connectivity index (χ1v) is 7.89. The summed E-state index contributed by atoms with van der Waals surface area (Å²) in [6.07, 6.45) is 6.86. The van der Waals surface area contributed by atoms with Crippen molar-refractivity contribution in [2.24, 2.45) is 5.92 Å². The van der Waals surface area contributed by atoms with Crippen molar-refractivity contribution in [3.8, 4) is 5.75 Å². The molecule has 0 saturated heterocycles. The van der Waals surface area contributed by atoms with E-state index in [-0.39, 0.29) is 0 Å². The van der Waals surface area contributed by atoms with Crippen LogP contribution >= 0.6 is 31.9 Å². The average Bonchev–Trinajstić information content (AvgIpc) is 2.81. The van der Waals surface area contributed by atoms with Crippen molar-refractivity contribution in [3.63, 3.8) is 0 Å². The van der Waals surface area contributed by atoms with E-state index < -0.39 is 0 Å². The molecular formula is C14H18Br2O. The molecule has 94 valence electrons. The summed E-state index contributed by atoms with van der Waals surface area (Å²) < 4.78 is 6.35. The number of ether oxygens (including phenoxy) is 1. The van der Waals surface area contributed by atoms with Gasteiger partial charge < -0.3 is 4.74 Å². The van der Waals surface area contributed by atoms with Gasteiger partial charge in [-0.2, -0.15) is 0 Å². The lowest BCUT2D eigenvalue weighted by Gasteiger charge is -2.17. The third-order valence-electron chi connectivity index (χ3n) is 3.56. The van der Waals surface area contributed by atoms with Gasteiger partial charge in [0.25, 0.3) is 0 Å². The highest BCUT2D eigenvalue weighted by atomic mass is 79.9. The van der Waals surface area contributed by atoms with Gasteiger partial charge in [-0.15, -0.1) is 0 Å². The second-order valence-corrected chi connectivity index (χ2v) is 6.70. The summed E-state index contributed by atoms with van der Waals surface area (Å²) in [7, 11) is 1.70. The third kappa shape index (κ3) is 3.47. The predicted octanol–water partition coefficient (Wildman–Crippen LogP) is 5.47. The summed E-state index contributed by atoms with van der Waals surface area (Å²) in [5, 5.41) is 0. The van der Waals surface area contributed by atoms with Crippen molar-refractivity contribution in [1.82, 2.24) is 0 Å². The molecule has 0 bridgehead atoms. The summed E-state index contributed by atoms with van der Waals surface area (Å²) in [5.41, 5.74) is 1.33. The Labute approximate surface area is 120 Å². The third-order valence-corrected chi connectivity index (χ3v) is 5.11. The van der Waals surface area contributed by atoms with E-state index in [0.717, 1.165) is 16.1 Å². The minimum absolute atomic E-state index is 0.450. The number of rotatable bonds is 4. The van der Waals surface area contributed by atoms with Gasteiger partial charge >= 0.3 is 0 Å². The molecule has 2 rings (SSSR count). The lowest BCUT2D eigenvalue weighted by Crippen LogP contribution is -2.00. The van der Waals surface area contributed by atoms with E-state index in [9.17, 15) is 0 Å². The molecule has 1 atom stereocenters. The average molecular weight is 362 g/mol. The molecule has 0 N–H and O–H groups in total. The lowest BCUT2D eigenvalue weighted by atomic mass is 9.98. The lowest BCUT2D eigenvalue weighted by molar-refractivity contribution is 0.414. The number of hydrogen-bond donors (Lipinski definition) is 0. The highest BCUT2D eigenvalue weighted by molar-refractivity contribution is 9.11. The Morgan fingerprint density at radius 3 is 2.65 bits per heavy atom. The number of benzene rings is 1. The molecule has 1 aliphatic rings. The fourth-order valence-corrected chi connectivity index (χ4v) is 4.42. The van der Waals surface area contributed by atoms with Crippen LogP contribution in [0.5, 0.6) is 5.75 Å². The maximum absolute atomic E-state index is 5.22. The Bertz CT molecular complexity index is 372. The van der Waals surface area contributed by atoms with Gasteiger partial charge in [0.2, 0.25) is 0 Å². The van der Waals surface area contributed by atoms with Gasteiger partial charge in [0, 0.05) is 9.30 Å². The Hall–Kier alpha value is -0.0200. The van der Waals surface area contributed by atoms with Crippen molar-refractivity contribution < 1.29 is 4.74 Å². The molecule has 0 radical (unpaired) electrons. The molecule has 1 unspecified atom stereocenters. The van der Waals surface area contributed by atoms with Crippen LogP contribution in [-0.2, 0) is 0 Å². The second kappa shape index (κ2) is 6.24. The van der Waals surface area contributed by atoms with Gasteiger partial charge in [-0.25, -0.2) is 0 Å². The van der Waals surface area contributed by atoms with Crippen LogP contribution in [0.4, 0.5) is 0 Å². The summed E-state index contributed by atoms with van der Waals surface area (Å²) in [5.74, 6) is 1.80. The van der Waals surface area contributed by atoms with Crippen LogP contribution in [0.15, 0.2) is 22.7 Å². The highest BCUT2D eigenvalue weighted by Crippen LogP contribution is 2.40. The molecule has 0 heterocycles. The fourth-order valence-electron chi connectivity index (χ4n) is 2.55. The molecule has 17 heavy (non-hydrogen) atoms. The summed E-state index contributed by atoms with van der Waals surface area (Å²) in [4.78, 5) is 0.450. The summed E-state index contributed by atoms with van der Waals surface area (Å²) in [6, 6.07) is 6.22. The topological polar surface area (TPSA) is 9.23 Å². The van der Waals surface area contributed by atoms with Gasteiger partial charge in [-0.3, -0.25) is 0 Å². The molecule has 0 aromatic heterocycles.